The van der Waals surface area contributed by atoms with Crippen LogP contribution in [0.4, 0.5) is 0 Å². The van der Waals surface area contributed by atoms with E-state index >= 15 is 0 Å². The molecular formula is C19H35N3. The number of hydrogen-bond acceptors (Lipinski definition) is 2. The van der Waals surface area contributed by atoms with Gasteiger partial charge in [0.05, 0.1) is 12.0 Å². The molecule has 0 aliphatic carbocycles. The molecule has 0 amide bonds. The molecule has 0 spiro atoms. The fourth-order valence-corrected chi connectivity index (χ4v) is 1.76. The van der Waals surface area contributed by atoms with Gasteiger partial charge in [0.25, 0.3) is 0 Å². The van der Waals surface area contributed by atoms with Crippen molar-refractivity contribution < 1.29 is 1.43 Å². The van der Waals surface area contributed by atoms with Gasteiger partial charge in [0.1, 0.15) is 0 Å². The van der Waals surface area contributed by atoms with Crippen molar-refractivity contribution in [2.24, 2.45) is 5.73 Å². The molecule has 22 heavy (non-hydrogen) atoms. The van der Waals surface area contributed by atoms with E-state index in [9.17, 15) is 0 Å². The van der Waals surface area contributed by atoms with E-state index < -0.39 is 0 Å². The second kappa shape index (κ2) is 12.0. The average Bonchev–Trinajstić information content (AvgIpc) is 3.07. The normalized spacial score (nSPS) is 10.9. The van der Waals surface area contributed by atoms with E-state index in [2.05, 4.69) is 67.7 Å². The molecule has 0 radical (unpaired) electrons. The minimum atomic E-state index is 0. The summed E-state index contributed by atoms with van der Waals surface area (Å²) in [5.41, 5.74) is 9.16. The Morgan fingerprint density at radius 1 is 1.14 bits per heavy atom. The predicted octanol–water partition coefficient (Wildman–Crippen LogP) is 5.32. The molecule has 1 aromatic heterocycles. The molecule has 0 saturated carbocycles. The van der Waals surface area contributed by atoms with Crippen LogP contribution in [-0.2, 0) is 6.42 Å². The molecule has 1 heterocycles. The maximum atomic E-state index is 5.64. The summed E-state index contributed by atoms with van der Waals surface area (Å²) in [6.45, 7) is 13.1. The number of nitrogens with two attached hydrogens (primary N) is 1. The van der Waals surface area contributed by atoms with Crippen LogP contribution in [0, 0.1) is 0 Å². The molecule has 2 rings (SSSR count). The molecule has 0 saturated heterocycles. The first kappa shape index (κ1) is 20.4. The monoisotopic (exact) mass is 305 g/mol. The Labute approximate surface area is 138 Å². The molecule has 126 valence electrons. The highest BCUT2D eigenvalue weighted by atomic mass is 15.1. The standard InChI is InChI=1S/C14H19N3.C3H8.C2H6.H2/c1-3-12-4-6-13(7-5-12)14-9-17(10-16-14)11(2)8-15;1-3-2;1-2;/h4-7,9-11H,3,8,15H2,1-2H3;3H2,1-2H3;1-2H3;1H/t11-;;;/m1.../s1. The van der Waals surface area contributed by atoms with Crippen molar-refractivity contribution in [1.29, 1.82) is 0 Å². The van der Waals surface area contributed by atoms with Gasteiger partial charge in [-0.2, -0.15) is 0 Å². The third-order valence-corrected chi connectivity index (χ3v) is 3.11. The van der Waals surface area contributed by atoms with E-state index in [0.29, 0.717) is 12.6 Å². The zero-order chi connectivity index (χ0) is 17.0. The summed E-state index contributed by atoms with van der Waals surface area (Å²) in [4.78, 5) is 4.42. The summed E-state index contributed by atoms with van der Waals surface area (Å²) in [7, 11) is 0. The Balaban J connectivity index is 0. The molecule has 0 fully saturated rings. The van der Waals surface area contributed by atoms with E-state index in [1.54, 1.807) is 0 Å². The molecular weight excluding hydrogens is 270 g/mol. The molecule has 0 aliphatic rings. The summed E-state index contributed by atoms with van der Waals surface area (Å²) >= 11 is 0. The predicted molar refractivity (Wildman–Crippen MR) is 100 cm³/mol. The van der Waals surface area contributed by atoms with Gasteiger partial charge in [0.15, 0.2) is 0 Å². The van der Waals surface area contributed by atoms with Crippen molar-refractivity contribution >= 4 is 0 Å². The van der Waals surface area contributed by atoms with E-state index in [1.165, 1.54) is 12.0 Å². The van der Waals surface area contributed by atoms with Crippen LogP contribution in [-0.4, -0.2) is 16.1 Å². The van der Waals surface area contributed by atoms with Crippen molar-refractivity contribution in [2.45, 2.75) is 60.4 Å². The third-order valence-electron chi connectivity index (χ3n) is 3.11. The Hall–Kier alpha value is -1.61. The molecule has 0 aliphatic heterocycles. The minimum Gasteiger partial charge on any atom is -0.333 e. The first-order valence-corrected chi connectivity index (χ1v) is 8.49. The van der Waals surface area contributed by atoms with Crippen LogP contribution in [0.3, 0.4) is 0 Å². The van der Waals surface area contributed by atoms with Gasteiger partial charge in [-0.25, -0.2) is 4.98 Å². The van der Waals surface area contributed by atoms with Gasteiger partial charge < -0.3 is 10.3 Å². The van der Waals surface area contributed by atoms with Crippen molar-refractivity contribution in [3.8, 4) is 11.3 Å². The smallest absolute Gasteiger partial charge is 0.0956 e. The van der Waals surface area contributed by atoms with Crippen LogP contribution in [0.15, 0.2) is 36.8 Å². The minimum absolute atomic E-state index is 0. The SMILES string of the molecule is CC.CCC.CCc1ccc(-c2cn([C@H](C)CN)cn2)cc1.[HH]. The summed E-state index contributed by atoms with van der Waals surface area (Å²) in [6, 6.07) is 8.85. The summed E-state index contributed by atoms with van der Waals surface area (Å²) in [5.74, 6) is 0. The number of imidazole rings is 1. The highest BCUT2D eigenvalue weighted by molar-refractivity contribution is 5.58. The zero-order valence-corrected chi connectivity index (χ0v) is 15.1. The van der Waals surface area contributed by atoms with Crippen molar-refractivity contribution in [2.75, 3.05) is 6.54 Å². The van der Waals surface area contributed by atoms with Crippen molar-refractivity contribution in [3.05, 3.63) is 42.4 Å². The van der Waals surface area contributed by atoms with Gasteiger partial charge in [0.2, 0.25) is 0 Å². The second-order valence-corrected chi connectivity index (χ2v) is 5.05. The van der Waals surface area contributed by atoms with Gasteiger partial charge in [-0.1, -0.05) is 65.3 Å². The lowest BCUT2D eigenvalue weighted by Crippen LogP contribution is -2.14. The number of benzene rings is 1. The lowest BCUT2D eigenvalue weighted by atomic mass is 10.1. The number of hydrogen-bond donors (Lipinski definition) is 1. The number of aromatic nitrogens is 2. The zero-order valence-electron chi connectivity index (χ0n) is 15.1. The Morgan fingerprint density at radius 3 is 2.14 bits per heavy atom. The number of rotatable bonds is 4. The van der Waals surface area contributed by atoms with Crippen LogP contribution in [0.2, 0.25) is 0 Å². The van der Waals surface area contributed by atoms with E-state index in [4.69, 9.17) is 5.73 Å². The third kappa shape index (κ3) is 6.44. The molecule has 2 aromatic rings. The van der Waals surface area contributed by atoms with Gasteiger partial charge in [-0.3, -0.25) is 0 Å². The quantitative estimate of drug-likeness (QED) is 0.830. The second-order valence-electron chi connectivity index (χ2n) is 5.05. The molecule has 3 heteroatoms. The van der Waals surface area contributed by atoms with Crippen LogP contribution in [0.5, 0.6) is 0 Å². The Bertz CT molecular complexity index is 492. The first-order valence-electron chi connectivity index (χ1n) is 8.49. The maximum Gasteiger partial charge on any atom is 0.0956 e. The molecule has 3 nitrogen and oxygen atoms in total. The molecule has 0 bridgehead atoms. The van der Waals surface area contributed by atoms with Crippen molar-refractivity contribution in [1.82, 2.24) is 9.55 Å². The first-order chi connectivity index (χ1) is 10.7. The average molecular weight is 306 g/mol. The van der Waals surface area contributed by atoms with Gasteiger partial charge in [-0.15, -0.1) is 0 Å². The van der Waals surface area contributed by atoms with E-state index in [0.717, 1.165) is 17.7 Å². The highest BCUT2D eigenvalue weighted by Crippen LogP contribution is 2.19. The van der Waals surface area contributed by atoms with Gasteiger partial charge in [-0.05, 0) is 18.9 Å². The largest absolute Gasteiger partial charge is 0.333 e. The Kier molecular flexibility index (Phi) is 11.1. The summed E-state index contributed by atoms with van der Waals surface area (Å²) in [5, 5.41) is 0. The van der Waals surface area contributed by atoms with Crippen LogP contribution >= 0.6 is 0 Å². The van der Waals surface area contributed by atoms with Crippen LogP contribution in [0.25, 0.3) is 11.3 Å². The van der Waals surface area contributed by atoms with Gasteiger partial charge >= 0.3 is 0 Å². The number of aryl methyl sites for hydroxylation is 1. The number of nitrogens with zero attached hydrogens (tertiary/aromatic N) is 2. The lowest BCUT2D eigenvalue weighted by Gasteiger charge is -2.08. The Morgan fingerprint density at radius 2 is 1.68 bits per heavy atom. The maximum absolute atomic E-state index is 5.64. The fraction of sp³-hybridized carbons (Fsp3) is 0.526. The summed E-state index contributed by atoms with van der Waals surface area (Å²) in [6.07, 6.45) is 6.22. The molecule has 1 aromatic carbocycles. The van der Waals surface area contributed by atoms with Crippen LogP contribution < -0.4 is 5.73 Å². The summed E-state index contributed by atoms with van der Waals surface area (Å²) < 4.78 is 2.06. The highest BCUT2D eigenvalue weighted by Gasteiger charge is 2.05. The fourth-order valence-electron chi connectivity index (χ4n) is 1.76. The molecule has 1 atom stereocenters. The topological polar surface area (TPSA) is 43.8 Å². The molecule has 0 unspecified atom stereocenters. The molecule has 2 N–H and O–H groups in total. The lowest BCUT2D eigenvalue weighted by molar-refractivity contribution is 0.558. The van der Waals surface area contributed by atoms with Crippen LogP contribution in [0.1, 0.15) is 61.0 Å². The van der Waals surface area contributed by atoms with Crippen molar-refractivity contribution in [3.63, 3.8) is 0 Å². The van der Waals surface area contributed by atoms with E-state index in [1.807, 2.05) is 20.2 Å². The van der Waals surface area contributed by atoms with E-state index in [-0.39, 0.29) is 1.43 Å². The van der Waals surface area contributed by atoms with Gasteiger partial charge in [0, 0.05) is 25.8 Å².